The lowest BCUT2D eigenvalue weighted by Gasteiger charge is -2.14. The normalized spacial score (nSPS) is 12.2. The second-order valence-electron chi connectivity index (χ2n) is 3.90. The van der Waals surface area contributed by atoms with Crippen molar-refractivity contribution in [1.29, 1.82) is 0 Å². The van der Waals surface area contributed by atoms with E-state index >= 15 is 0 Å². The minimum absolute atomic E-state index is 0.515. The van der Waals surface area contributed by atoms with Crippen molar-refractivity contribution in [3.05, 3.63) is 53.3 Å². The zero-order chi connectivity index (χ0) is 13.0. The van der Waals surface area contributed by atoms with Crippen LogP contribution in [-0.2, 0) is 0 Å². The van der Waals surface area contributed by atoms with E-state index in [0.29, 0.717) is 22.9 Å². The molecule has 0 spiro atoms. The van der Waals surface area contributed by atoms with E-state index in [0.717, 1.165) is 5.56 Å². The van der Waals surface area contributed by atoms with Crippen molar-refractivity contribution in [2.24, 2.45) is 0 Å². The van der Waals surface area contributed by atoms with Crippen molar-refractivity contribution in [2.75, 3.05) is 0 Å². The van der Waals surface area contributed by atoms with Crippen LogP contribution in [0.1, 0.15) is 25.0 Å². The van der Waals surface area contributed by atoms with E-state index in [4.69, 9.17) is 16.3 Å². The molecule has 1 N–H and O–H groups in total. The molecule has 18 heavy (non-hydrogen) atoms. The minimum Gasteiger partial charge on any atom is -0.455 e. The average Bonchev–Trinajstić information content (AvgIpc) is 2.38. The summed E-state index contributed by atoms with van der Waals surface area (Å²) in [5.74, 6) is 1.18. The summed E-state index contributed by atoms with van der Waals surface area (Å²) in [6.45, 7) is 1.92. The lowest BCUT2D eigenvalue weighted by Crippen LogP contribution is -1.98. The van der Waals surface area contributed by atoms with E-state index in [1.54, 1.807) is 18.5 Å². The van der Waals surface area contributed by atoms with Gasteiger partial charge in [-0.15, -0.1) is 0 Å². The first kappa shape index (κ1) is 12.9. The first-order chi connectivity index (χ1) is 8.70. The molecule has 2 aromatic rings. The van der Waals surface area contributed by atoms with Gasteiger partial charge in [-0.05, 0) is 12.5 Å². The smallest absolute Gasteiger partial charge is 0.147 e. The van der Waals surface area contributed by atoms with Crippen LogP contribution in [0.5, 0.6) is 11.5 Å². The number of aliphatic hydroxyl groups is 1. The van der Waals surface area contributed by atoms with Gasteiger partial charge in [-0.25, -0.2) is 0 Å². The van der Waals surface area contributed by atoms with Crippen molar-refractivity contribution in [3.8, 4) is 11.5 Å². The molecule has 1 atom stereocenters. The van der Waals surface area contributed by atoms with Crippen molar-refractivity contribution in [3.63, 3.8) is 0 Å². The summed E-state index contributed by atoms with van der Waals surface area (Å²) in [4.78, 5) is 3.96. The second kappa shape index (κ2) is 5.85. The van der Waals surface area contributed by atoms with Crippen LogP contribution in [-0.4, -0.2) is 10.1 Å². The van der Waals surface area contributed by atoms with Crippen LogP contribution in [0.15, 0.2) is 42.7 Å². The van der Waals surface area contributed by atoms with Crippen molar-refractivity contribution in [2.45, 2.75) is 19.4 Å². The summed E-state index contributed by atoms with van der Waals surface area (Å²) in [5.41, 5.74) is 0.764. The summed E-state index contributed by atoms with van der Waals surface area (Å²) >= 11 is 5.85. The van der Waals surface area contributed by atoms with Crippen LogP contribution in [0.2, 0.25) is 5.02 Å². The van der Waals surface area contributed by atoms with Crippen LogP contribution in [0, 0.1) is 0 Å². The molecule has 0 aliphatic carbocycles. The largest absolute Gasteiger partial charge is 0.455 e. The quantitative estimate of drug-likeness (QED) is 0.908. The molecule has 0 fully saturated rings. The van der Waals surface area contributed by atoms with E-state index in [1.165, 1.54) is 0 Å². The fourth-order valence-corrected chi connectivity index (χ4v) is 1.81. The zero-order valence-corrected chi connectivity index (χ0v) is 10.8. The number of ether oxygens (including phenoxy) is 1. The molecule has 1 aromatic heterocycles. The maximum atomic E-state index is 9.92. The second-order valence-corrected chi connectivity index (χ2v) is 4.34. The Morgan fingerprint density at radius 1 is 1.33 bits per heavy atom. The van der Waals surface area contributed by atoms with Crippen molar-refractivity contribution in [1.82, 2.24) is 4.98 Å². The molecule has 94 valence electrons. The van der Waals surface area contributed by atoms with Gasteiger partial charge in [0.25, 0.3) is 0 Å². The number of halogens is 1. The summed E-state index contributed by atoms with van der Waals surface area (Å²) in [7, 11) is 0. The van der Waals surface area contributed by atoms with Crippen molar-refractivity contribution < 1.29 is 9.84 Å². The number of aliphatic hydroxyl groups excluding tert-OH is 1. The number of aromatic nitrogens is 1. The first-order valence-corrected chi connectivity index (χ1v) is 6.14. The fraction of sp³-hybridized carbons (Fsp3) is 0.214. The Morgan fingerprint density at radius 3 is 2.83 bits per heavy atom. The SMILES string of the molecule is CC[C@H](O)c1ccccc1Oc1cncc(Cl)c1. The molecule has 4 heteroatoms. The molecule has 0 saturated carbocycles. The molecule has 0 bridgehead atoms. The third kappa shape index (κ3) is 3.00. The molecule has 0 unspecified atom stereocenters. The Bertz CT molecular complexity index is 531. The number of pyridine rings is 1. The van der Waals surface area contributed by atoms with Gasteiger partial charge in [-0.2, -0.15) is 0 Å². The number of nitrogens with zero attached hydrogens (tertiary/aromatic N) is 1. The zero-order valence-electron chi connectivity index (χ0n) is 10.0. The highest BCUT2D eigenvalue weighted by Gasteiger charge is 2.11. The molecule has 0 amide bonds. The highest BCUT2D eigenvalue weighted by atomic mass is 35.5. The number of benzene rings is 1. The number of rotatable bonds is 4. The van der Waals surface area contributed by atoms with Crippen molar-refractivity contribution >= 4 is 11.6 Å². The lowest BCUT2D eigenvalue weighted by atomic mass is 10.1. The van der Waals surface area contributed by atoms with E-state index < -0.39 is 6.10 Å². The van der Waals surface area contributed by atoms with Gasteiger partial charge in [0.2, 0.25) is 0 Å². The third-order valence-electron chi connectivity index (χ3n) is 2.57. The lowest BCUT2D eigenvalue weighted by molar-refractivity contribution is 0.170. The summed E-state index contributed by atoms with van der Waals surface area (Å²) < 4.78 is 5.71. The molecule has 1 aromatic carbocycles. The van der Waals surface area contributed by atoms with E-state index in [-0.39, 0.29) is 0 Å². The Kier molecular flexibility index (Phi) is 4.18. The van der Waals surface area contributed by atoms with E-state index in [1.807, 2.05) is 31.2 Å². The fourth-order valence-electron chi connectivity index (χ4n) is 1.64. The molecule has 0 saturated heterocycles. The van der Waals surface area contributed by atoms with Gasteiger partial charge < -0.3 is 9.84 Å². The van der Waals surface area contributed by atoms with Crippen LogP contribution in [0.25, 0.3) is 0 Å². The Hall–Kier alpha value is -1.58. The summed E-state index contributed by atoms with van der Waals surface area (Å²) in [5, 5.41) is 10.4. The van der Waals surface area contributed by atoms with Crippen LogP contribution in [0.4, 0.5) is 0 Å². The standard InChI is InChI=1S/C14H14ClNO2/c1-2-13(17)12-5-3-4-6-14(12)18-11-7-10(15)8-16-9-11/h3-9,13,17H,2H2,1H3/t13-/m0/s1. The molecule has 1 heterocycles. The maximum Gasteiger partial charge on any atom is 0.147 e. The highest BCUT2D eigenvalue weighted by Crippen LogP contribution is 2.31. The van der Waals surface area contributed by atoms with Gasteiger partial charge in [0.1, 0.15) is 11.5 Å². The number of para-hydroxylation sites is 1. The molecule has 0 aliphatic rings. The number of hydrogen-bond donors (Lipinski definition) is 1. The Balaban J connectivity index is 2.29. The molecular weight excluding hydrogens is 250 g/mol. The van der Waals surface area contributed by atoms with Gasteiger partial charge >= 0.3 is 0 Å². The highest BCUT2D eigenvalue weighted by molar-refractivity contribution is 6.30. The van der Waals surface area contributed by atoms with Gasteiger partial charge in [0, 0.05) is 17.8 Å². The average molecular weight is 264 g/mol. The number of hydrogen-bond acceptors (Lipinski definition) is 3. The molecule has 2 rings (SSSR count). The van der Waals surface area contributed by atoms with Gasteiger partial charge in [0.05, 0.1) is 17.3 Å². The summed E-state index contributed by atoms with van der Waals surface area (Å²) in [6.07, 6.45) is 3.23. The molecule has 0 radical (unpaired) electrons. The Morgan fingerprint density at radius 2 is 2.11 bits per heavy atom. The van der Waals surface area contributed by atoms with Crippen LogP contribution < -0.4 is 4.74 Å². The third-order valence-corrected chi connectivity index (χ3v) is 2.78. The molecule has 0 aliphatic heterocycles. The predicted molar refractivity (Wildman–Crippen MR) is 71.0 cm³/mol. The topological polar surface area (TPSA) is 42.4 Å². The van der Waals surface area contributed by atoms with E-state index in [9.17, 15) is 5.11 Å². The van der Waals surface area contributed by atoms with Crippen LogP contribution >= 0.6 is 11.6 Å². The molecule has 3 nitrogen and oxygen atoms in total. The summed E-state index contributed by atoms with van der Waals surface area (Å²) in [6, 6.07) is 9.08. The maximum absolute atomic E-state index is 9.92. The monoisotopic (exact) mass is 263 g/mol. The van der Waals surface area contributed by atoms with Gasteiger partial charge in [-0.1, -0.05) is 36.7 Å². The molecular formula is C14H14ClNO2. The van der Waals surface area contributed by atoms with E-state index in [2.05, 4.69) is 4.98 Å². The first-order valence-electron chi connectivity index (χ1n) is 5.76. The van der Waals surface area contributed by atoms with Gasteiger partial charge in [-0.3, -0.25) is 4.98 Å². The van der Waals surface area contributed by atoms with Crippen LogP contribution in [0.3, 0.4) is 0 Å². The minimum atomic E-state index is -0.534. The predicted octanol–water partition coefficient (Wildman–Crippen LogP) is 3.97. The van der Waals surface area contributed by atoms with Gasteiger partial charge in [0.15, 0.2) is 0 Å². The Labute approximate surface area is 111 Å².